The van der Waals surface area contributed by atoms with E-state index in [1.54, 1.807) is 21.6 Å². The number of halogens is 2. The van der Waals surface area contributed by atoms with Gasteiger partial charge in [-0.3, -0.25) is 8.78 Å². The number of hydrogen-bond donors (Lipinski definition) is 0. The van der Waals surface area contributed by atoms with Gasteiger partial charge in [-0.25, -0.2) is 0 Å². The minimum atomic E-state index is -0.239. The van der Waals surface area contributed by atoms with E-state index in [4.69, 9.17) is 0 Å². The Morgan fingerprint density at radius 1 is 0.800 bits per heavy atom. The molecule has 62 valence electrons. The van der Waals surface area contributed by atoms with E-state index < -0.39 is 0 Å². The smallest absolute Gasteiger partial charge is 0.0902 e. The largest absolute Gasteiger partial charge is 0.251 e. The van der Waals surface area contributed by atoms with Gasteiger partial charge < -0.3 is 0 Å². The van der Waals surface area contributed by atoms with Crippen LogP contribution < -0.4 is 0 Å². The van der Waals surface area contributed by atoms with E-state index in [0.717, 1.165) is 11.5 Å². The maximum Gasteiger partial charge on any atom is 0.0902 e. The van der Waals surface area contributed by atoms with Gasteiger partial charge in [0.05, 0.1) is 13.3 Å². The first kappa shape index (κ1) is 10.6. The first-order valence-electron chi connectivity index (χ1n) is 3.28. The van der Waals surface area contributed by atoms with Crippen LogP contribution in [0.5, 0.6) is 0 Å². The van der Waals surface area contributed by atoms with Crippen LogP contribution in [-0.4, -0.2) is 24.9 Å². The summed E-state index contributed by atoms with van der Waals surface area (Å²) in [4.78, 5) is 0. The Morgan fingerprint density at radius 3 is 1.50 bits per heavy atom. The van der Waals surface area contributed by atoms with Crippen molar-refractivity contribution < 1.29 is 8.78 Å². The van der Waals surface area contributed by atoms with Crippen LogP contribution in [0.3, 0.4) is 0 Å². The maximum absolute atomic E-state index is 11.5. The molecule has 4 heteroatoms. The van der Waals surface area contributed by atoms with Gasteiger partial charge in [-0.05, 0) is 12.8 Å². The molecule has 0 aliphatic rings. The van der Waals surface area contributed by atoms with Crippen molar-refractivity contribution in [3.8, 4) is 0 Å². The zero-order valence-corrected chi connectivity index (χ0v) is 7.45. The van der Waals surface area contributed by atoms with Gasteiger partial charge in [0.15, 0.2) is 0 Å². The topological polar surface area (TPSA) is 0 Å². The Kier molecular flexibility index (Phi) is 10.1. The molecule has 0 spiro atoms. The van der Waals surface area contributed by atoms with Crippen molar-refractivity contribution in [3.05, 3.63) is 0 Å². The lowest BCUT2D eigenvalue weighted by Gasteiger charge is -1.95. The highest BCUT2D eigenvalue weighted by Crippen LogP contribution is 2.22. The monoisotopic (exact) mass is 186 g/mol. The Labute approximate surface area is 68.5 Å². The predicted molar refractivity (Wildman–Crippen MR) is 46.1 cm³/mol. The summed E-state index contributed by atoms with van der Waals surface area (Å²) in [7, 11) is 3.26. The van der Waals surface area contributed by atoms with Crippen LogP contribution in [-0.2, 0) is 0 Å². The van der Waals surface area contributed by atoms with E-state index in [2.05, 4.69) is 0 Å². The second kappa shape index (κ2) is 9.56. The standard InChI is InChI=1S/C6H12F2S2/c7-3-1-5-9-10-6-2-4-8/h1-6H2. The van der Waals surface area contributed by atoms with Gasteiger partial charge in [-0.1, -0.05) is 21.6 Å². The molecule has 0 aliphatic heterocycles. The number of rotatable bonds is 7. The van der Waals surface area contributed by atoms with Crippen molar-refractivity contribution in [1.29, 1.82) is 0 Å². The molecule has 0 unspecified atom stereocenters. The van der Waals surface area contributed by atoms with Gasteiger partial charge in [-0.2, -0.15) is 0 Å². The summed E-state index contributed by atoms with van der Waals surface area (Å²) in [5.41, 5.74) is 0. The molecule has 0 saturated carbocycles. The zero-order chi connectivity index (χ0) is 7.66. The number of hydrogen-bond acceptors (Lipinski definition) is 2. The van der Waals surface area contributed by atoms with Crippen LogP contribution in [0.25, 0.3) is 0 Å². The van der Waals surface area contributed by atoms with Gasteiger partial charge in [-0.15, -0.1) is 0 Å². The minimum Gasteiger partial charge on any atom is -0.251 e. The van der Waals surface area contributed by atoms with Crippen molar-refractivity contribution in [3.63, 3.8) is 0 Å². The number of alkyl halides is 2. The van der Waals surface area contributed by atoms with Gasteiger partial charge in [0.1, 0.15) is 0 Å². The lowest BCUT2D eigenvalue weighted by atomic mass is 10.6. The Bertz CT molecular complexity index is 53.7. The Balaban J connectivity index is 2.65. The van der Waals surface area contributed by atoms with Crippen LogP contribution in [0.15, 0.2) is 0 Å². The van der Waals surface area contributed by atoms with Crippen molar-refractivity contribution in [2.24, 2.45) is 0 Å². The van der Waals surface area contributed by atoms with Crippen molar-refractivity contribution in [2.75, 3.05) is 24.9 Å². The maximum atomic E-state index is 11.5. The summed E-state index contributed by atoms with van der Waals surface area (Å²) in [6.45, 7) is -0.479. The summed E-state index contributed by atoms with van der Waals surface area (Å²) in [5, 5.41) is 0. The molecular weight excluding hydrogens is 174 g/mol. The van der Waals surface area contributed by atoms with E-state index in [9.17, 15) is 8.78 Å². The normalized spacial score (nSPS) is 10.2. The molecule has 0 aromatic rings. The molecule has 0 bridgehead atoms. The van der Waals surface area contributed by atoms with E-state index in [0.29, 0.717) is 12.8 Å². The highest BCUT2D eigenvalue weighted by Gasteiger charge is 1.90. The summed E-state index contributed by atoms with van der Waals surface area (Å²) in [5.74, 6) is 1.68. The molecule has 0 aromatic heterocycles. The fraction of sp³-hybridized carbons (Fsp3) is 1.00. The lowest BCUT2D eigenvalue weighted by molar-refractivity contribution is 0.489. The molecule has 0 saturated heterocycles. The second-order valence-electron chi connectivity index (χ2n) is 1.73. The molecule has 0 radical (unpaired) electrons. The molecular formula is C6H12F2S2. The summed E-state index contributed by atoms with van der Waals surface area (Å²) in [6, 6.07) is 0. The SMILES string of the molecule is FCCCSSCCCF. The third kappa shape index (κ3) is 8.56. The molecule has 0 N–H and O–H groups in total. The molecule has 0 aliphatic carbocycles. The first-order valence-corrected chi connectivity index (χ1v) is 5.77. The van der Waals surface area contributed by atoms with E-state index >= 15 is 0 Å². The van der Waals surface area contributed by atoms with Crippen LogP contribution in [0.4, 0.5) is 8.78 Å². The van der Waals surface area contributed by atoms with E-state index in [1.165, 1.54) is 0 Å². The third-order valence-electron chi connectivity index (χ3n) is 0.806. The van der Waals surface area contributed by atoms with Gasteiger partial charge >= 0.3 is 0 Å². The molecule has 0 aromatic carbocycles. The van der Waals surface area contributed by atoms with E-state index in [-0.39, 0.29) is 13.3 Å². The first-order chi connectivity index (χ1) is 4.91. The third-order valence-corrected chi connectivity index (χ3v) is 3.38. The van der Waals surface area contributed by atoms with Gasteiger partial charge in [0.2, 0.25) is 0 Å². The summed E-state index contributed by atoms with van der Waals surface area (Å²) < 4.78 is 23.0. The fourth-order valence-corrected chi connectivity index (χ4v) is 2.45. The van der Waals surface area contributed by atoms with Crippen LogP contribution in [0, 0.1) is 0 Å². The summed E-state index contributed by atoms with van der Waals surface area (Å²) >= 11 is 0. The van der Waals surface area contributed by atoms with E-state index in [1.807, 2.05) is 0 Å². The predicted octanol–water partition coefficient (Wildman–Crippen LogP) is 3.09. The minimum absolute atomic E-state index is 0.239. The Morgan fingerprint density at radius 2 is 1.20 bits per heavy atom. The molecule has 0 nitrogen and oxygen atoms in total. The summed E-state index contributed by atoms with van der Waals surface area (Å²) in [6.07, 6.45) is 1.24. The average molecular weight is 186 g/mol. The second-order valence-corrected chi connectivity index (χ2v) is 4.43. The highest BCUT2D eigenvalue weighted by atomic mass is 33.1. The Hall–Kier alpha value is 0.560. The molecule has 10 heavy (non-hydrogen) atoms. The van der Waals surface area contributed by atoms with Gasteiger partial charge in [0, 0.05) is 11.5 Å². The molecule has 0 fully saturated rings. The van der Waals surface area contributed by atoms with Crippen LogP contribution in [0.1, 0.15) is 12.8 Å². The fourth-order valence-electron chi connectivity index (χ4n) is 0.345. The van der Waals surface area contributed by atoms with Crippen molar-refractivity contribution >= 4 is 21.6 Å². The quantitative estimate of drug-likeness (QED) is 0.442. The molecule has 0 atom stereocenters. The van der Waals surface area contributed by atoms with Crippen molar-refractivity contribution in [1.82, 2.24) is 0 Å². The molecule has 0 amide bonds. The average Bonchev–Trinajstić information content (AvgIpc) is 1.97. The van der Waals surface area contributed by atoms with Crippen LogP contribution in [0.2, 0.25) is 0 Å². The van der Waals surface area contributed by atoms with Gasteiger partial charge in [0.25, 0.3) is 0 Å². The molecule has 0 rings (SSSR count). The lowest BCUT2D eigenvalue weighted by Crippen LogP contribution is -1.81. The van der Waals surface area contributed by atoms with Crippen molar-refractivity contribution in [2.45, 2.75) is 12.8 Å². The zero-order valence-electron chi connectivity index (χ0n) is 5.82. The van der Waals surface area contributed by atoms with Crippen LogP contribution >= 0.6 is 21.6 Å². The highest BCUT2D eigenvalue weighted by molar-refractivity contribution is 8.76. The molecule has 0 heterocycles.